The van der Waals surface area contributed by atoms with Crippen LogP contribution in [0.3, 0.4) is 0 Å². The highest BCUT2D eigenvalue weighted by atomic mass is 16.5. The largest absolute Gasteiger partial charge is 0.489 e. The first-order chi connectivity index (χ1) is 50.9. The van der Waals surface area contributed by atoms with Crippen molar-refractivity contribution in [1.29, 1.82) is 0 Å². The lowest BCUT2D eigenvalue weighted by molar-refractivity contribution is -0.932. The lowest BCUT2D eigenvalue weighted by Crippen LogP contribution is -2.56. The molecule has 105 heavy (non-hydrogen) atoms. The van der Waals surface area contributed by atoms with E-state index in [0.717, 1.165) is 202 Å². The van der Waals surface area contributed by atoms with Crippen LogP contribution >= 0.6 is 0 Å². The number of rotatable bonds is 22. The fourth-order valence-corrected chi connectivity index (χ4v) is 18.3. The van der Waals surface area contributed by atoms with Crippen LogP contribution in [0.15, 0.2) is 91.0 Å². The molecule has 0 amide bonds. The molecule has 10 aliphatic heterocycles. The molecule has 10 aliphatic rings. The summed E-state index contributed by atoms with van der Waals surface area (Å²) in [7, 11) is 7.21. The quantitative estimate of drug-likeness (QED) is 0.0252. The van der Waals surface area contributed by atoms with E-state index in [-0.39, 0.29) is 6.61 Å². The average Bonchev–Trinajstić information content (AvgIpc) is 0.961. The van der Waals surface area contributed by atoms with E-state index in [1.807, 2.05) is 60.7 Å². The minimum atomic E-state index is 0.288. The molecule has 22 nitrogen and oxygen atoms in total. The van der Waals surface area contributed by atoms with Gasteiger partial charge in [0.1, 0.15) is 74.9 Å². The molecule has 10 heterocycles. The van der Waals surface area contributed by atoms with Gasteiger partial charge in [-0.25, -0.2) is 0 Å². The van der Waals surface area contributed by atoms with Crippen molar-refractivity contribution in [3.63, 3.8) is 0 Å². The second-order valence-electron chi connectivity index (χ2n) is 32.8. The molecule has 0 unspecified atom stereocenters. The van der Waals surface area contributed by atoms with Gasteiger partial charge in [0.25, 0.3) is 0 Å². The zero-order chi connectivity index (χ0) is 73.5. The first-order valence-corrected chi connectivity index (χ1v) is 40.7. The van der Waals surface area contributed by atoms with Crippen LogP contribution in [0.2, 0.25) is 0 Å². The number of fused-ring (bicyclic) bond motifs is 5. The van der Waals surface area contributed by atoms with E-state index in [1.165, 1.54) is 218 Å². The van der Waals surface area contributed by atoms with Crippen LogP contribution in [0.25, 0.3) is 0 Å². The number of hydrogen-bond acceptors (Lipinski definition) is 17. The third-order valence-electron chi connectivity index (χ3n) is 24.6. The molecular formula is C83H136N15O7+5. The smallest absolute Gasteiger partial charge is 0.144 e. The predicted octanol–water partition coefficient (Wildman–Crippen LogP) is 9.61. The maximum atomic E-state index is 9.45. The molecular weight excluding hydrogens is 1320 g/mol. The minimum absolute atomic E-state index is 0.288. The Morgan fingerprint density at radius 2 is 0.524 bits per heavy atom. The number of nitrogens with zero attached hydrogens (tertiary/aromatic N) is 10. The van der Waals surface area contributed by atoms with Crippen LogP contribution < -0.4 is 76.9 Å². The highest BCUT2D eigenvalue weighted by molar-refractivity contribution is 5.68. The van der Waals surface area contributed by atoms with E-state index in [4.69, 9.17) is 52.4 Å². The Morgan fingerprint density at radius 3 is 0.819 bits per heavy atom. The van der Waals surface area contributed by atoms with Gasteiger partial charge in [-0.1, -0.05) is 0 Å². The summed E-state index contributed by atoms with van der Waals surface area (Å²) in [5, 5.41) is 18.9. The Kier molecular flexibility index (Phi) is 28.6. The Hall–Kier alpha value is -7.18. The Balaban J connectivity index is 0.000000131. The van der Waals surface area contributed by atoms with Crippen LogP contribution in [0.4, 0.5) is 56.9 Å². The molecule has 0 spiro atoms. The number of aliphatic hydroxyl groups excluding tert-OH is 2. The average molecular weight is 1460 g/mol. The molecule has 0 bridgehead atoms. The van der Waals surface area contributed by atoms with Crippen LogP contribution in [0.5, 0.6) is 28.7 Å². The fraction of sp³-hybridized carbons (Fsp3) is 0.639. The number of ether oxygens (including phenoxy) is 5. The van der Waals surface area contributed by atoms with Crippen LogP contribution in [0, 0.1) is 0 Å². The molecule has 580 valence electrons. The molecule has 0 aromatic heterocycles. The second-order valence-corrected chi connectivity index (χ2v) is 32.8. The molecule has 15 rings (SSSR count). The Bertz CT molecular complexity index is 3450. The van der Waals surface area contributed by atoms with E-state index in [1.54, 1.807) is 0 Å². The van der Waals surface area contributed by atoms with Crippen LogP contribution in [0.1, 0.15) is 103 Å². The van der Waals surface area contributed by atoms with Crippen molar-refractivity contribution in [3.05, 3.63) is 91.0 Å². The second kappa shape index (κ2) is 38.1. The number of quaternary nitrogens is 5. The van der Waals surface area contributed by atoms with Gasteiger partial charge in [0.2, 0.25) is 0 Å². The van der Waals surface area contributed by atoms with Gasteiger partial charge in [-0.3, -0.25) is 0 Å². The fourth-order valence-electron chi connectivity index (χ4n) is 18.3. The number of likely N-dealkylation sites (tertiary alicyclic amines) is 5. The number of likely N-dealkylation sites (N-methyl/N-ethyl adjacent to an activating group) is 1. The SMILES string of the molecule is C[N+]1(CCCN2CCOc3cc(N)ccc32)CCCC1.C[N+]1(CCCN2CCOc3cc(N)ccc32)CCCCC1.C[N+]1(CCN2CCOc3cc(N)ccc32)CCCC1.Nc1ccc2c(c1)OCCN2CCC[N+]1(CCO)CCCCC1.Nc1ccc2c(c1)OCCN2CC[N+]1(CCO)CCCCC1. The lowest BCUT2D eigenvalue weighted by Gasteiger charge is -2.43. The summed E-state index contributed by atoms with van der Waals surface area (Å²) in [6.07, 6.45) is 21.3. The summed E-state index contributed by atoms with van der Waals surface area (Å²) in [6.45, 7) is 35.4. The maximum absolute atomic E-state index is 9.45. The summed E-state index contributed by atoms with van der Waals surface area (Å²) < 4.78 is 34.5. The lowest BCUT2D eigenvalue weighted by atomic mass is 10.1. The first-order valence-electron chi connectivity index (χ1n) is 40.7. The van der Waals surface area contributed by atoms with Crippen molar-refractivity contribution < 1.29 is 56.3 Å². The third kappa shape index (κ3) is 22.5. The van der Waals surface area contributed by atoms with Gasteiger partial charge in [-0.2, -0.15) is 0 Å². The molecule has 0 aliphatic carbocycles. The molecule has 5 saturated heterocycles. The summed E-state index contributed by atoms with van der Waals surface area (Å²) in [6, 6.07) is 29.9. The molecule has 0 atom stereocenters. The number of aliphatic hydroxyl groups is 2. The van der Waals surface area contributed by atoms with Gasteiger partial charge < -0.3 is 109 Å². The Morgan fingerprint density at radius 1 is 0.286 bits per heavy atom. The van der Waals surface area contributed by atoms with Crippen molar-refractivity contribution in [2.45, 2.75) is 103 Å². The van der Waals surface area contributed by atoms with E-state index in [9.17, 15) is 10.2 Å². The molecule has 22 heteroatoms. The van der Waals surface area contributed by atoms with Gasteiger partial charge in [-0.15, -0.1) is 0 Å². The molecule has 0 radical (unpaired) electrons. The van der Waals surface area contributed by atoms with Gasteiger partial charge in [0, 0.05) is 123 Å². The zero-order valence-electron chi connectivity index (χ0n) is 64.8. The zero-order valence-corrected chi connectivity index (χ0v) is 64.8. The van der Waals surface area contributed by atoms with Crippen molar-refractivity contribution in [3.8, 4) is 28.7 Å². The molecule has 5 aromatic rings. The van der Waals surface area contributed by atoms with Gasteiger partial charge >= 0.3 is 0 Å². The molecule has 5 fully saturated rings. The van der Waals surface area contributed by atoms with Crippen molar-refractivity contribution in [1.82, 2.24) is 0 Å². The van der Waals surface area contributed by atoms with Crippen molar-refractivity contribution >= 4 is 56.9 Å². The number of benzene rings is 5. The number of hydrogen-bond donors (Lipinski definition) is 7. The highest BCUT2D eigenvalue weighted by Crippen LogP contribution is 2.39. The molecule has 0 saturated carbocycles. The van der Waals surface area contributed by atoms with E-state index in [0.29, 0.717) is 6.61 Å². The number of piperidine rings is 3. The predicted molar refractivity (Wildman–Crippen MR) is 433 cm³/mol. The summed E-state index contributed by atoms with van der Waals surface area (Å²) in [5.41, 5.74) is 39.0. The highest BCUT2D eigenvalue weighted by Gasteiger charge is 2.35. The van der Waals surface area contributed by atoms with Crippen LogP contribution in [-0.2, 0) is 0 Å². The minimum Gasteiger partial charge on any atom is -0.489 e. The van der Waals surface area contributed by atoms with E-state index >= 15 is 0 Å². The molecule has 12 N–H and O–H groups in total. The maximum Gasteiger partial charge on any atom is 0.144 e. The van der Waals surface area contributed by atoms with Crippen LogP contribution in [-0.4, -0.2) is 277 Å². The summed E-state index contributed by atoms with van der Waals surface area (Å²) >= 11 is 0. The normalized spacial score (nSPS) is 20.5. The first kappa shape index (κ1) is 78.9. The van der Waals surface area contributed by atoms with Crippen molar-refractivity contribution in [2.24, 2.45) is 0 Å². The standard InChI is InChI=1S/C18H30N3O2.C17H28N3O2.C17H28N3O.C16H26N3O.C15H24N3O/c19-16-5-6-17-18(15-16)23-14-8-20(17)7-4-11-21(12-13-22)9-2-1-3-10-21;18-15-4-5-16-17(14-15)22-13-7-19(16)6-10-20(11-12-21)8-2-1-3-9-20;1-20(10-3-2-4-11-20)12-5-8-19-9-13-21-17-14-15(18)6-7-16(17)19;1-19(9-2-3-10-19)11-4-7-18-8-12-20-16-13-14(17)5-6-15(16)18;1-18(8-2-3-9-18)10-6-17-7-11-19-15-12-13(16)4-5-14(15)17/h5-6,15,22H,1-4,7-14,19H2;4-5,14,21H,1-3,6-13,18H2;6-7,14H,2-5,8-13,18H2,1H3;5-6,13H,2-4,7-12,17H2,1H3;4-5,12H,2-3,6-11,16H2,1H3/q5*+1. The van der Waals surface area contributed by atoms with Gasteiger partial charge in [0.05, 0.1) is 207 Å². The number of anilines is 10. The third-order valence-corrected chi connectivity index (χ3v) is 24.6. The van der Waals surface area contributed by atoms with Gasteiger partial charge in [0.15, 0.2) is 0 Å². The topological polar surface area (TPSA) is 233 Å². The van der Waals surface area contributed by atoms with E-state index in [2.05, 4.69) is 76.0 Å². The summed E-state index contributed by atoms with van der Waals surface area (Å²) in [4.78, 5) is 12.2. The monoisotopic (exact) mass is 1460 g/mol. The van der Waals surface area contributed by atoms with Gasteiger partial charge in [-0.05, 0) is 118 Å². The van der Waals surface area contributed by atoms with Crippen molar-refractivity contribution in [2.75, 3.05) is 297 Å². The molecule has 5 aromatic carbocycles. The number of nitrogen functional groups attached to an aromatic ring is 5. The Labute approximate surface area is 629 Å². The van der Waals surface area contributed by atoms with E-state index < -0.39 is 0 Å². The summed E-state index contributed by atoms with van der Waals surface area (Å²) in [5.74, 6) is 4.64. The number of nitrogens with two attached hydrogens (primary N) is 5.